The molecule has 0 aromatic carbocycles. The minimum atomic E-state index is 0.0947. The maximum Gasteiger partial charge on any atom is 0.233 e. The van der Waals surface area contributed by atoms with Gasteiger partial charge in [-0.2, -0.15) is 5.10 Å². The molecule has 6 heteroatoms. The molecule has 106 valence electrons. The fraction of sp³-hybridized carbons (Fsp3) is 0.692. The number of hydrogen-bond acceptors (Lipinski definition) is 4. The highest BCUT2D eigenvalue weighted by Crippen LogP contribution is 2.15. The highest BCUT2D eigenvalue weighted by atomic mass is 16.1. The van der Waals surface area contributed by atoms with Crippen LogP contribution in [0.3, 0.4) is 0 Å². The molecule has 0 bridgehead atoms. The number of hydrogen-bond donors (Lipinski definition) is 3. The summed E-state index contributed by atoms with van der Waals surface area (Å²) in [5.74, 6) is 0.0947. The summed E-state index contributed by atoms with van der Waals surface area (Å²) in [6.07, 6.45) is 3.93. The van der Waals surface area contributed by atoms with Gasteiger partial charge in [-0.3, -0.25) is 14.8 Å². The minimum absolute atomic E-state index is 0.0947. The maximum absolute atomic E-state index is 11.3. The number of rotatable bonds is 5. The molecule has 2 rings (SSSR count). The summed E-state index contributed by atoms with van der Waals surface area (Å²) in [6, 6.07) is 2.80. The lowest BCUT2D eigenvalue weighted by Gasteiger charge is -2.33. The molecule has 1 aliphatic heterocycles. The zero-order chi connectivity index (χ0) is 13.7. The summed E-state index contributed by atoms with van der Waals surface area (Å²) in [7, 11) is 1.68. The lowest BCUT2D eigenvalue weighted by molar-refractivity contribution is -0.122. The zero-order valence-corrected chi connectivity index (χ0v) is 11.6. The average Bonchev–Trinajstić information content (AvgIpc) is 2.95. The maximum atomic E-state index is 11.3. The number of aromatic nitrogens is 2. The Kier molecular flexibility index (Phi) is 4.93. The lowest BCUT2D eigenvalue weighted by Crippen LogP contribution is -2.46. The van der Waals surface area contributed by atoms with Gasteiger partial charge in [0.25, 0.3) is 0 Å². The number of nitrogens with one attached hydrogen (secondary N) is 3. The van der Waals surface area contributed by atoms with Crippen LogP contribution < -0.4 is 10.6 Å². The molecule has 0 saturated carbocycles. The number of carbonyl (C=O) groups excluding carboxylic acids is 1. The van der Waals surface area contributed by atoms with Crippen LogP contribution in [0.15, 0.2) is 12.3 Å². The Balaban J connectivity index is 1.73. The second-order valence-electron chi connectivity index (χ2n) is 5.12. The summed E-state index contributed by atoms with van der Waals surface area (Å²) in [5.41, 5.74) is 1.12. The molecule has 1 aliphatic rings. The second-order valence-corrected chi connectivity index (χ2v) is 5.12. The van der Waals surface area contributed by atoms with Crippen LogP contribution >= 0.6 is 0 Å². The van der Waals surface area contributed by atoms with Crippen LogP contribution in [-0.2, 0) is 4.79 Å². The standard InChI is InChI=1S/C13H23N5O/c1-10(12-3-6-15-17-12)16-11-4-7-18(8-5-11)9-13(19)14-2/h3,6,10-11,16H,4-5,7-9H2,1-2H3,(H,14,19)(H,15,17). The molecule has 3 N–H and O–H groups in total. The van der Waals surface area contributed by atoms with Gasteiger partial charge in [-0.05, 0) is 25.8 Å². The third-order valence-corrected chi connectivity index (χ3v) is 3.71. The van der Waals surface area contributed by atoms with Crippen molar-refractivity contribution in [2.45, 2.75) is 31.8 Å². The number of aromatic amines is 1. The summed E-state index contributed by atoms with van der Waals surface area (Å²) in [6.45, 7) is 4.60. The normalized spacial score (nSPS) is 19.3. The Morgan fingerprint density at radius 1 is 1.58 bits per heavy atom. The van der Waals surface area contributed by atoms with Gasteiger partial charge in [-0.25, -0.2) is 0 Å². The monoisotopic (exact) mass is 265 g/mol. The van der Waals surface area contributed by atoms with E-state index in [-0.39, 0.29) is 11.9 Å². The summed E-state index contributed by atoms with van der Waals surface area (Å²) in [4.78, 5) is 13.5. The van der Waals surface area contributed by atoms with Crippen LogP contribution in [0, 0.1) is 0 Å². The fourth-order valence-electron chi connectivity index (χ4n) is 2.49. The number of H-pyrrole nitrogens is 1. The predicted octanol–water partition coefficient (Wildman–Crippen LogP) is 0.271. The number of likely N-dealkylation sites (N-methyl/N-ethyl adjacent to an activating group) is 1. The van der Waals surface area contributed by atoms with Crippen LogP contribution in [0.25, 0.3) is 0 Å². The van der Waals surface area contributed by atoms with Crippen molar-refractivity contribution >= 4 is 5.91 Å². The largest absolute Gasteiger partial charge is 0.358 e. The Hall–Kier alpha value is -1.40. The molecular weight excluding hydrogens is 242 g/mol. The van der Waals surface area contributed by atoms with E-state index in [4.69, 9.17) is 0 Å². The first-order chi connectivity index (χ1) is 9.19. The Labute approximate surface area is 113 Å². The fourth-order valence-corrected chi connectivity index (χ4v) is 2.49. The van der Waals surface area contributed by atoms with Crippen molar-refractivity contribution in [3.05, 3.63) is 18.0 Å². The SMILES string of the molecule is CNC(=O)CN1CCC(NC(C)c2ccn[nH]2)CC1. The van der Waals surface area contributed by atoms with Gasteiger partial charge in [0.05, 0.1) is 12.2 Å². The minimum Gasteiger partial charge on any atom is -0.358 e. The summed E-state index contributed by atoms with van der Waals surface area (Å²) in [5, 5.41) is 13.2. The first kappa shape index (κ1) is 14.0. The third kappa shape index (κ3) is 4.04. The second kappa shape index (κ2) is 6.68. The van der Waals surface area contributed by atoms with E-state index in [2.05, 4.69) is 32.7 Å². The predicted molar refractivity (Wildman–Crippen MR) is 73.7 cm³/mol. The van der Waals surface area contributed by atoms with E-state index < -0.39 is 0 Å². The van der Waals surface area contributed by atoms with Gasteiger partial charge in [-0.1, -0.05) is 0 Å². The Morgan fingerprint density at radius 3 is 2.89 bits per heavy atom. The summed E-state index contributed by atoms with van der Waals surface area (Å²) < 4.78 is 0. The van der Waals surface area contributed by atoms with Crippen LogP contribution in [0.4, 0.5) is 0 Å². The number of amides is 1. The molecule has 2 heterocycles. The van der Waals surface area contributed by atoms with Crippen LogP contribution in [0.5, 0.6) is 0 Å². The van der Waals surface area contributed by atoms with E-state index in [1.165, 1.54) is 0 Å². The van der Waals surface area contributed by atoms with Gasteiger partial charge in [0.2, 0.25) is 5.91 Å². The molecule has 0 aliphatic carbocycles. The quantitative estimate of drug-likeness (QED) is 0.714. The topological polar surface area (TPSA) is 73.1 Å². The molecular formula is C13H23N5O. The van der Waals surface area contributed by atoms with Crippen LogP contribution in [-0.4, -0.2) is 53.7 Å². The van der Waals surface area contributed by atoms with Crippen molar-refractivity contribution in [1.29, 1.82) is 0 Å². The molecule has 6 nitrogen and oxygen atoms in total. The molecule has 19 heavy (non-hydrogen) atoms. The van der Waals surface area contributed by atoms with E-state index in [0.29, 0.717) is 12.6 Å². The van der Waals surface area contributed by atoms with Crippen molar-refractivity contribution < 1.29 is 4.79 Å². The van der Waals surface area contributed by atoms with Gasteiger partial charge in [0.1, 0.15) is 0 Å². The highest BCUT2D eigenvalue weighted by Gasteiger charge is 2.22. The van der Waals surface area contributed by atoms with Crippen molar-refractivity contribution in [1.82, 2.24) is 25.7 Å². The molecule has 1 unspecified atom stereocenters. The number of likely N-dealkylation sites (tertiary alicyclic amines) is 1. The van der Waals surface area contributed by atoms with Crippen molar-refractivity contribution in [3.8, 4) is 0 Å². The van der Waals surface area contributed by atoms with Gasteiger partial charge in [0.15, 0.2) is 0 Å². The van der Waals surface area contributed by atoms with E-state index in [0.717, 1.165) is 31.6 Å². The van der Waals surface area contributed by atoms with Gasteiger partial charge < -0.3 is 10.6 Å². The number of nitrogens with zero attached hydrogens (tertiary/aromatic N) is 2. The van der Waals surface area contributed by atoms with E-state index in [1.54, 1.807) is 13.2 Å². The van der Waals surface area contributed by atoms with Gasteiger partial charge in [0, 0.05) is 38.4 Å². The molecule has 1 saturated heterocycles. The molecule has 0 radical (unpaired) electrons. The van der Waals surface area contributed by atoms with Gasteiger partial charge in [-0.15, -0.1) is 0 Å². The summed E-state index contributed by atoms with van der Waals surface area (Å²) >= 11 is 0. The van der Waals surface area contributed by atoms with Crippen molar-refractivity contribution in [2.24, 2.45) is 0 Å². The smallest absolute Gasteiger partial charge is 0.233 e. The molecule has 1 aromatic heterocycles. The third-order valence-electron chi connectivity index (χ3n) is 3.71. The number of carbonyl (C=O) groups is 1. The zero-order valence-electron chi connectivity index (χ0n) is 11.6. The molecule has 1 atom stereocenters. The lowest BCUT2D eigenvalue weighted by atomic mass is 10.0. The van der Waals surface area contributed by atoms with Crippen LogP contribution in [0.2, 0.25) is 0 Å². The number of piperidine rings is 1. The molecule has 1 fully saturated rings. The van der Waals surface area contributed by atoms with Crippen molar-refractivity contribution in [2.75, 3.05) is 26.7 Å². The van der Waals surface area contributed by atoms with E-state index in [1.807, 2.05) is 6.07 Å². The Bertz CT molecular complexity index is 384. The van der Waals surface area contributed by atoms with Crippen molar-refractivity contribution in [3.63, 3.8) is 0 Å². The van der Waals surface area contributed by atoms with E-state index >= 15 is 0 Å². The highest BCUT2D eigenvalue weighted by molar-refractivity contribution is 5.77. The van der Waals surface area contributed by atoms with E-state index in [9.17, 15) is 4.79 Å². The first-order valence-corrected chi connectivity index (χ1v) is 6.87. The molecule has 0 spiro atoms. The molecule has 1 amide bonds. The van der Waals surface area contributed by atoms with Crippen LogP contribution in [0.1, 0.15) is 31.5 Å². The first-order valence-electron chi connectivity index (χ1n) is 6.87. The Morgan fingerprint density at radius 2 is 2.32 bits per heavy atom. The molecule has 1 aromatic rings. The van der Waals surface area contributed by atoms with Gasteiger partial charge >= 0.3 is 0 Å². The average molecular weight is 265 g/mol.